The minimum atomic E-state index is -0.450. The highest BCUT2D eigenvalue weighted by molar-refractivity contribution is 7.17. The number of esters is 2. The maximum atomic E-state index is 13.4. The van der Waals surface area contributed by atoms with Gasteiger partial charge in [0.2, 0.25) is 0 Å². The van der Waals surface area contributed by atoms with Gasteiger partial charge in [0.15, 0.2) is 0 Å². The number of rotatable bonds is 10. The van der Waals surface area contributed by atoms with Crippen molar-refractivity contribution in [2.75, 3.05) is 24.9 Å². The van der Waals surface area contributed by atoms with Crippen molar-refractivity contribution in [3.05, 3.63) is 67.4 Å². The van der Waals surface area contributed by atoms with Gasteiger partial charge in [-0.1, -0.05) is 54.4 Å². The van der Waals surface area contributed by atoms with Crippen LogP contribution in [-0.4, -0.2) is 38.0 Å². The van der Waals surface area contributed by atoms with E-state index in [1.54, 1.807) is 24.3 Å². The summed E-state index contributed by atoms with van der Waals surface area (Å²) >= 11 is 2.91. The quantitative estimate of drug-likeness (QED) is 0.205. The average Bonchev–Trinajstić information content (AvgIpc) is 3.63. The molecule has 0 saturated carbocycles. The molecule has 5 rings (SSSR count). The number of fused-ring (bicyclic) bond motifs is 2. The Balaban J connectivity index is 1.33. The largest absolute Gasteiger partial charge is 0.465 e. The van der Waals surface area contributed by atoms with E-state index in [0.717, 1.165) is 72.2 Å². The molecular weight excluding hydrogens is 645 g/mol. The van der Waals surface area contributed by atoms with E-state index in [2.05, 4.69) is 52.2 Å². The Bertz CT molecular complexity index is 1590. The molecule has 0 aliphatic heterocycles. The Labute approximate surface area is 292 Å². The highest BCUT2D eigenvalue weighted by atomic mass is 32.1. The summed E-state index contributed by atoms with van der Waals surface area (Å²) in [5, 5.41) is 6.90. The molecule has 0 radical (unpaired) electrons. The lowest BCUT2D eigenvalue weighted by Gasteiger charge is -2.36. The monoisotopic (exact) mass is 692 g/mol. The Kier molecular flexibility index (Phi) is 10.6. The summed E-state index contributed by atoms with van der Waals surface area (Å²) in [6, 6.07) is 6.36. The number of ether oxygens (including phenoxy) is 2. The Hall–Kier alpha value is -3.50. The lowest BCUT2D eigenvalue weighted by molar-refractivity contribution is 0.0591. The second-order valence-electron chi connectivity index (χ2n) is 14.4. The van der Waals surface area contributed by atoms with Crippen molar-refractivity contribution in [3.8, 4) is 0 Å². The lowest BCUT2D eigenvalue weighted by atomic mass is 9.69. The first-order chi connectivity index (χ1) is 22.7. The van der Waals surface area contributed by atoms with Crippen LogP contribution in [0.5, 0.6) is 0 Å². The van der Waals surface area contributed by atoms with Crippen molar-refractivity contribution in [3.63, 3.8) is 0 Å². The van der Waals surface area contributed by atoms with Crippen LogP contribution in [0.4, 0.5) is 10.0 Å². The van der Waals surface area contributed by atoms with E-state index >= 15 is 0 Å². The molecule has 0 saturated heterocycles. The number of thiophene rings is 2. The van der Waals surface area contributed by atoms with E-state index in [-0.39, 0.29) is 22.6 Å². The zero-order valence-electron chi connectivity index (χ0n) is 29.4. The van der Waals surface area contributed by atoms with E-state index in [9.17, 15) is 19.2 Å². The lowest BCUT2D eigenvalue weighted by Crippen LogP contribution is -2.28. The maximum Gasteiger partial charge on any atom is 0.341 e. The summed E-state index contributed by atoms with van der Waals surface area (Å²) in [7, 11) is 2.72. The Morgan fingerprint density at radius 1 is 0.688 bits per heavy atom. The van der Waals surface area contributed by atoms with Crippen LogP contribution in [-0.2, 0) is 35.2 Å². The molecule has 258 valence electrons. The summed E-state index contributed by atoms with van der Waals surface area (Å²) in [4.78, 5) is 54.8. The summed E-state index contributed by atoms with van der Waals surface area (Å²) in [5.41, 5.74) is 3.91. The van der Waals surface area contributed by atoms with Crippen LogP contribution in [0, 0.1) is 22.7 Å². The van der Waals surface area contributed by atoms with Gasteiger partial charge in [-0.2, -0.15) is 0 Å². The third kappa shape index (κ3) is 6.97. The highest BCUT2D eigenvalue weighted by Gasteiger charge is 2.37. The topological polar surface area (TPSA) is 111 Å². The van der Waals surface area contributed by atoms with Gasteiger partial charge in [0.05, 0.1) is 25.3 Å². The van der Waals surface area contributed by atoms with Crippen LogP contribution in [0.3, 0.4) is 0 Å². The first-order valence-electron chi connectivity index (χ1n) is 16.9. The minimum absolute atomic E-state index is 0.184. The van der Waals surface area contributed by atoms with E-state index in [4.69, 9.17) is 9.47 Å². The number of benzene rings is 1. The van der Waals surface area contributed by atoms with Crippen molar-refractivity contribution in [2.24, 2.45) is 22.7 Å². The predicted octanol–water partition coefficient (Wildman–Crippen LogP) is 8.97. The third-order valence-corrected chi connectivity index (χ3v) is 13.5. The number of methoxy groups -OCH3 is 2. The molecule has 10 heteroatoms. The molecule has 2 amide bonds. The van der Waals surface area contributed by atoms with Crippen LogP contribution in [0.25, 0.3) is 0 Å². The predicted molar refractivity (Wildman–Crippen MR) is 193 cm³/mol. The molecule has 0 unspecified atom stereocenters. The molecular formula is C38H48N2O6S2. The van der Waals surface area contributed by atoms with Crippen LogP contribution in [0.15, 0.2) is 24.3 Å². The van der Waals surface area contributed by atoms with E-state index in [1.807, 2.05) is 0 Å². The first kappa shape index (κ1) is 35.8. The van der Waals surface area contributed by atoms with Crippen molar-refractivity contribution >= 4 is 56.4 Å². The van der Waals surface area contributed by atoms with Crippen LogP contribution >= 0.6 is 22.7 Å². The second-order valence-corrected chi connectivity index (χ2v) is 16.7. The van der Waals surface area contributed by atoms with Gasteiger partial charge in [0, 0.05) is 20.9 Å². The number of anilines is 2. The van der Waals surface area contributed by atoms with Crippen LogP contribution in [0.1, 0.15) is 130 Å². The van der Waals surface area contributed by atoms with Crippen LogP contribution in [0.2, 0.25) is 0 Å². The van der Waals surface area contributed by atoms with Crippen molar-refractivity contribution in [1.82, 2.24) is 0 Å². The highest BCUT2D eigenvalue weighted by Crippen LogP contribution is 2.47. The molecule has 2 atom stereocenters. The van der Waals surface area contributed by atoms with Gasteiger partial charge in [-0.15, -0.1) is 22.7 Å². The molecule has 0 spiro atoms. The maximum absolute atomic E-state index is 13.4. The standard InChI is InChI=1S/C38H48N2O6S2/c1-9-37(3,4)23-15-17-25-27(19-23)47-33(29(25)35(43)45-7)39-31(41)21-11-13-22(14-12-21)32(42)40-34-30(36(44)46-8)26-18-16-24(20-28(26)48-34)38(5,6)10-2/h11-14,23-24H,9-10,15-20H2,1-8H3,(H,39,41)(H,40,42)/t23-,24-/m0/s1. The Morgan fingerprint density at radius 2 is 1.04 bits per heavy atom. The zero-order valence-corrected chi connectivity index (χ0v) is 31.0. The van der Waals surface area contributed by atoms with Crippen LogP contribution < -0.4 is 10.6 Å². The molecule has 2 aromatic heterocycles. The molecule has 8 nitrogen and oxygen atoms in total. The van der Waals surface area contributed by atoms with E-state index < -0.39 is 11.9 Å². The number of carbonyl (C=O) groups excluding carboxylic acids is 4. The number of hydrogen-bond donors (Lipinski definition) is 2. The molecule has 0 bridgehead atoms. The molecule has 1 aromatic carbocycles. The zero-order chi connectivity index (χ0) is 35.0. The minimum Gasteiger partial charge on any atom is -0.465 e. The fourth-order valence-corrected chi connectivity index (χ4v) is 9.64. The first-order valence-corrected chi connectivity index (χ1v) is 18.6. The van der Waals surface area contributed by atoms with Gasteiger partial charge < -0.3 is 20.1 Å². The third-order valence-electron chi connectivity index (χ3n) is 11.2. The SMILES string of the molecule is CCC(C)(C)[C@H]1CCc2c(sc(NC(=O)c3ccc(C(=O)Nc4sc5c(c4C(=O)OC)CC[C@H](C(C)(C)CC)C5)cc3)c2C(=O)OC)C1. The van der Waals surface area contributed by atoms with Crippen molar-refractivity contribution in [2.45, 2.75) is 92.9 Å². The summed E-state index contributed by atoms with van der Waals surface area (Å²) in [5.74, 6) is -0.660. The summed E-state index contributed by atoms with van der Waals surface area (Å²) in [6.45, 7) is 13.6. The molecule has 2 N–H and O–H groups in total. The fourth-order valence-electron chi connectivity index (χ4n) is 7.02. The van der Waals surface area contributed by atoms with Gasteiger partial charge in [-0.25, -0.2) is 9.59 Å². The second kappa shape index (κ2) is 14.2. The molecule has 48 heavy (non-hydrogen) atoms. The van der Waals surface area contributed by atoms with Gasteiger partial charge in [0.25, 0.3) is 11.8 Å². The normalized spacial score (nSPS) is 17.6. The number of amides is 2. The average molecular weight is 693 g/mol. The molecule has 2 heterocycles. The fraction of sp³-hybridized carbons (Fsp3) is 0.526. The van der Waals surface area contributed by atoms with Gasteiger partial charge >= 0.3 is 11.9 Å². The number of nitrogens with one attached hydrogen (secondary N) is 2. The summed E-state index contributed by atoms with van der Waals surface area (Å²) < 4.78 is 10.2. The van der Waals surface area contributed by atoms with E-state index in [1.165, 1.54) is 36.9 Å². The van der Waals surface area contributed by atoms with Gasteiger partial charge in [-0.3, -0.25) is 9.59 Å². The summed E-state index contributed by atoms with van der Waals surface area (Å²) in [6.07, 6.45) is 7.38. The number of hydrogen-bond acceptors (Lipinski definition) is 8. The van der Waals surface area contributed by atoms with Crippen molar-refractivity contribution in [1.29, 1.82) is 0 Å². The molecule has 0 fully saturated rings. The number of carbonyl (C=O) groups is 4. The van der Waals surface area contributed by atoms with E-state index in [0.29, 0.717) is 44.1 Å². The van der Waals surface area contributed by atoms with Crippen molar-refractivity contribution < 1.29 is 28.7 Å². The smallest absolute Gasteiger partial charge is 0.341 e. The molecule has 2 aliphatic carbocycles. The molecule has 3 aromatic rings. The Morgan fingerprint density at radius 3 is 1.35 bits per heavy atom. The van der Waals surface area contributed by atoms with Gasteiger partial charge in [0.1, 0.15) is 10.0 Å². The molecule has 2 aliphatic rings. The van der Waals surface area contributed by atoms with Gasteiger partial charge in [-0.05, 0) is 96.6 Å².